The van der Waals surface area contributed by atoms with E-state index in [-0.39, 0.29) is 5.92 Å². The van der Waals surface area contributed by atoms with Crippen LogP contribution in [-0.2, 0) is 4.79 Å². The van der Waals surface area contributed by atoms with Crippen LogP contribution in [0.15, 0.2) is 12.1 Å². The number of pyridine rings is 1. The molecule has 16 heavy (non-hydrogen) atoms. The molecule has 0 saturated carbocycles. The molecule has 88 valence electrons. The second kappa shape index (κ2) is 5.03. The molecule has 0 aromatic carbocycles. The number of halogens is 1. The van der Waals surface area contributed by atoms with E-state index in [2.05, 4.69) is 10.3 Å². The van der Waals surface area contributed by atoms with Gasteiger partial charge >= 0.3 is 0 Å². The zero-order valence-corrected chi connectivity index (χ0v) is 9.95. The molecular weight excluding hydrogens is 228 g/mol. The van der Waals surface area contributed by atoms with Crippen molar-refractivity contribution in [3.05, 3.63) is 17.3 Å². The Morgan fingerprint density at radius 1 is 1.50 bits per heavy atom. The number of anilines is 2. The summed E-state index contributed by atoms with van der Waals surface area (Å²) in [7, 11) is 0. The van der Waals surface area contributed by atoms with Crippen molar-refractivity contribution in [1.29, 1.82) is 0 Å². The van der Waals surface area contributed by atoms with Crippen LogP contribution >= 0.6 is 11.6 Å². The van der Waals surface area contributed by atoms with Gasteiger partial charge in [-0.15, -0.1) is 0 Å². The zero-order chi connectivity index (χ0) is 12.3. The van der Waals surface area contributed by atoms with Crippen LogP contribution in [-0.4, -0.2) is 16.9 Å². The van der Waals surface area contributed by atoms with E-state index in [0.717, 1.165) is 0 Å². The number of hydrogen-bond donors (Lipinski definition) is 3. The lowest BCUT2D eigenvalue weighted by molar-refractivity contribution is -0.119. The highest BCUT2D eigenvalue weighted by Crippen LogP contribution is 2.20. The number of carbonyl (C=O) groups excluding carboxylic acids is 1. The average Bonchev–Trinajstić information content (AvgIpc) is 2.18. The number of primary amides is 1. The quantitative estimate of drug-likeness (QED) is 0.693. The maximum absolute atomic E-state index is 11.2. The summed E-state index contributed by atoms with van der Waals surface area (Å²) in [4.78, 5) is 15.2. The number of nitrogen functional groups attached to an aromatic ring is 1. The lowest BCUT2D eigenvalue weighted by atomic mass is 10.0. The van der Waals surface area contributed by atoms with Crippen molar-refractivity contribution in [3.63, 3.8) is 0 Å². The van der Waals surface area contributed by atoms with Crippen molar-refractivity contribution in [1.82, 2.24) is 4.98 Å². The Labute approximate surface area is 99.2 Å². The largest absolute Gasteiger partial charge is 0.396 e. The van der Waals surface area contributed by atoms with E-state index in [4.69, 9.17) is 23.1 Å². The van der Waals surface area contributed by atoms with Gasteiger partial charge in [-0.3, -0.25) is 4.79 Å². The van der Waals surface area contributed by atoms with E-state index in [0.29, 0.717) is 16.7 Å². The predicted molar refractivity (Wildman–Crippen MR) is 65.1 cm³/mol. The van der Waals surface area contributed by atoms with Gasteiger partial charge in [-0.05, 0) is 18.1 Å². The lowest BCUT2D eigenvalue weighted by Crippen LogP contribution is -2.40. The Kier molecular flexibility index (Phi) is 3.95. The molecule has 1 unspecified atom stereocenters. The van der Waals surface area contributed by atoms with Crippen LogP contribution in [0.4, 0.5) is 11.5 Å². The topological polar surface area (TPSA) is 94.0 Å². The molecule has 0 aliphatic rings. The molecule has 1 amide bonds. The van der Waals surface area contributed by atoms with E-state index in [9.17, 15) is 4.79 Å². The average molecular weight is 243 g/mol. The molecule has 0 spiro atoms. The Morgan fingerprint density at radius 3 is 2.62 bits per heavy atom. The number of carbonyl (C=O) groups is 1. The van der Waals surface area contributed by atoms with Crippen LogP contribution in [0.25, 0.3) is 0 Å². The van der Waals surface area contributed by atoms with Crippen molar-refractivity contribution in [2.24, 2.45) is 11.7 Å². The second-order valence-corrected chi connectivity index (χ2v) is 4.23. The predicted octanol–water partition coefficient (Wildman–Crippen LogP) is 1.24. The first-order chi connectivity index (χ1) is 7.41. The monoisotopic (exact) mass is 242 g/mol. The van der Waals surface area contributed by atoms with Gasteiger partial charge in [-0.25, -0.2) is 4.98 Å². The van der Waals surface area contributed by atoms with Gasteiger partial charge in [-0.2, -0.15) is 0 Å². The van der Waals surface area contributed by atoms with Crippen molar-refractivity contribution in [2.75, 3.05) is 11.1 Å². The third kappa shape index (κ3) is 3.00. The minimum atomic E-state index is -0.520. The van der Waals surface area contributed by atoms with E-state index in [1.54, 1.807) is 12.1 Å². The first kappa shape index (κ1) is 12.6. The Hall–Kier alpha value is -1.49. The normalized spacial score (nSPS) is 12.5. The van der Waals surface area contributed by atoms with Gasteiger partial charge < -0.3 is 16.8 Å². The Morgan fingerprint density at radius 2 is 2.12 bits per heavy atom. The van der Waals surface area contributed by atoms with Crippen LogP contribution < -0.4 is 16.8 Å². The minimum absolute atomic E-state index is 0.0395. The number of hydrogen-bond acceptors (Lipinski definition) is 4. The number of aromatic nitrogens is 1. The standard InChI is InChI=1S/C10H15ClN4O/c1-5(2)8(9(13)16)15-10-6(12)3-4-7(11)14-10/h3-5,8H,12H2,1-2H3,(H2,13,16)(H,14,15). The van der Waals surface area contributed by atoms with Crippen molar-refractivity contribution < 1.29 is 4.79 Å². The molecule has 1 aromatic rings. The van der Waals surface area contributed by atoms with Crippen LogP contribution in [0.5, 0.6) is 0 Å². The smallest absolute Gasteiger partial charge is 0.240 e. The molecule has 1 heterocycles. The highest BCUT2D eigenvalue weighted by molar-refractivity contribution is 6.29. The second-order valence-electron chi connectivity index (χ2n) is 3.84. The summed E-state index contributed by atoms with van der Waals surface area (Å²) in [5.74, 6) is -0.0288. The summed E-state index contributed by atoms with van der Waals surface area (Å²) in [6.07, 6.45) is 0. The summed E-state index contributed by atoms with van der Waals surface area (Å²) in [6.45, 7) is 3.76. The first-order valence-corrected chi connectivity index (χ1v) is 5.27. The van der Waals surface area contributed by atoms with E-state index < -0.39 is 11.9 Å². The number of amides is 1. The van der Waals surface area contributed by atoms with Gasteiger partial charge in [0.25, 0.3) is 0 Å². The van der Waals surface area contributed by atoms with Gasteiger partial charge in [-0.1, -0.05) is 25.4 Å². The third-order valence-corrected chi connectivity index (χ3v) is 2.37. The van der Waals surface area contributed by atoms with Gasteiger partial charge in [0, 0.05) is 0 Å². The Bertz CT molecular complexity index is 394. The van der Waals surface area contributed by atoms with E-state index in [1.165, 1.54) is 0 Å². The van der Waals surface area contributed by atoms with Gasteiger partial charge in [0.2, 0.25) is 5.91 Å². The maximum atomic E-state index is 11.2. The van der Waals surface area contributed by atoms with Crippen LogP contribution in [0.3, 0.4) is 0 Å². The molecule has 0 saturated heterocycles. The number of nitrogens with zero attached hydrogens (tertiary/aromatic N) is 1. The highest BCUT2D eigenvalue weighted by Gasteiger charge is 2.20. The van der Waals surface area contributed by atoms with E-state index in [1.807, 2.05) is 13.8 Å². The molecule has 0 fully saturated rings. The summed E-state index contributed by atoms with van der Waals surface area (Å²) in [6, 6.07) is 2.68. The van der Waals surface area contributed by atoms with E-state index >= 15 is 0 Å². The highest BCUT2D eigenvalue weighted by atomic mass is 35.5. The van der Waals surface area contributed by atoms with Crippen LogP contribution in [0.1, 0.15) is 13.8 Å². The summed E-state index contributed by atoms with van der Waals surface area (Å²) < 4.78 is 0. The fraction of sp³-hybridized carbons (Fsp3) is 0.400. The van der Waals surface area contributed by atoms with Gasteiger partial charge in [0.1, 0.15) is 11.2 Å². The molecule has 5 N–H and O–H groups in total. The van der Waals surface area contributed by atoms with Gasteiger partial charge in [0.05, 0.1) is 5.69 Å². The Balaban J connectivity index is 2.93. The molecule has 0 aliphatic carbocycles. The van der Waals surface area contributed by atoms with Crippen LogP contribution in [0.2, 0.25) is 5.15 Å². The van der Waals surface area contributed by atoms with Crippen LogP contribution in [0, 0.1) is 5.92 Å². The van der Waals surface area contributed by atoms with Crippen molar-refractivity contribution in [3.8, 4) is 0 Å². The molecule has 0 radical (unpaired) electrons. The number of nitrogens with one attached hydrogen (secondary N) is 1. The molecule has 1 rings (SSSR count). The summed E-state index contributed by atoms with van der Waals surface area (Å²) >= 11 is 5.74. The molecule has 6 heteroatoms. The van der Waals surface area contributed by atoms with Gasteiger partial charge in [0.15, 0.2) is 5.82 Å². The van der Waals surface area contributed by atoms with Crippen molar-refractivity contribution in [2.45, 2.75) is 19.9 Å². The zero-order valence-electron chi connectivity index (χ0n) is 9.20. The fourth-order valence-electron chi connectivity index (χ4n) is 1.28. The lowest BCUT2D eigenvalue weighted by Gasteiger charge is -2.20. The summed E-state index contributed by atoms with van der Waals surface area (Å²) in [5.41, 5.74) is 11.4. The third-order valence-electron chi connectivity index (χ3n) is 2.16. The number of rotatable bonds is 4. The summed E-state index contributed by atoms with van der Waals surface area (Å²) in [5, 5.41) is 3.20. The SMILES string of the molecule is CC(C)C(Nc1nc(Cl)ccc1N)C(N)=O. The molecular formula is C10H15ClN4O. The fourth-order valence-corrected chi connectivity index (χ4v) is 1.42. The number of nitrogens with two attached hydrogens (primary N) is 2. The molecule has 5 nitrogen and oxygen atoms in total. The first-order valence-electron chi connectivity index (χ1n) is 4.89. The molecule has 0 bridgehead atoms. The van der Waals surface area contributed by atoms with Crippen molar-refractivity contribution >= 4 is 29.0 Å². The molecule has 1 atom stereocenters. The minimum Gasteiger partial charge on any atom is -0.396 e. The maximum Gasteiger partial charge on any atom is 0.240 e. The molecule has 0 aliphatic heterocycles. The molecule has 1 aromatic heterocycles.